The van der Waals surface area contributed by atoms with Crippen LogP contribution >= 0.6 is 39.1 Å². The zero-order valence-corrected chi connectivity index (χ0v) is 11.4. The fourth-order valence-corrected chi connectivity index (χ4v) is 2.11. The summed E-state index contributed by atoms with van der Waals surface area (Å²) in [6.45, 7) is 0. The van der Waals surface area contributed by atoms with Crippen molar-refractivity contribution in [3.05, 3.63) is 33.3 Å². The maximum Gasteiger partial charge on any atom is 0.244 e. The molecule has 0 aliphatic carbocycles. The summed E-state index contributed by atoms with van der Waals surface area (Å²) in [6.07, 6.45) is 0. The molecule has 0 aliphatic heterocycles. The number of benzene rings is 1. The highest BCUT2D eigenvalue weighted by molar-refractivity contribution is 9.10. The molecule has 0 spiro atoms. The third-order valence-electron chi connectivity index (χ3n) is 1.89. The number of likely N-dealkylation sites (N-methyl/N-ethyl adjacent to an activating group) is 1. The van der Waals surface area contributed by atoms with E-state index < -0.39 is 5.38 Å². The Balaban J connectivity index is 3.05. The van der Waals surface area contributed by atoms with Crippen LogP contribution in [-0.4, -0.2) is 24.9 Å². The van der Waals surface area contributed by atoms with Crippen molar-refractivity contribution in [1.82, 2.24) is 4.90 Å². The van der Waals surface area contributed by atoms with Crippen LogP contribution in [0.4, 0.5) is 0 Å². The van der Waals surface area contributed by atoms with Crippen molar-refractivity contribution in [3.8, 4) is 0 Å². The number of hydrogen-bond donors (Lipinski definition) is 0. The third-order valence-corrected chi connectivity index (χ3v) is 3.15. The molecule has 1 rings (SSSR count). The van der Waals surface area contributed by atoms with E-state index in [1.165, 1.54) is 4.90 Å². The van der Waals surface area contributed by atoms with Crippen LogP contribution in [-0.2, 0) is 4.79 Å². The molecule has 82 valence electrons. The molecule has 1 atom stereocenters. The minimum atomic E-state index is -0.745. The SMILES string of the molecule is CN(C)C(=O)C(Cl)c1cc(Br)ccc1Cl. The van der Waals surface area contributed by atoms with Gasteiger partial charge in [0.2, 0.25) is 5.91 Å². The quantitative estimate of drug-likeness (QED) is 0.766. The van der Waals surface area contributed by atoms with Crippen LogP contribution in [0.5, 0.6) is 0 Å². The monoisotopic (exact) mass is 309 g/mol. The van der Waals surface area contributed by atoms with Crippen molar-refractivity contribution >= 4 is 45.0 Å². The molecular weight excluding hydrogens is 301 g/mol. The molecule has 5 heteroatoms. The van der Waals surface area contributed by atoms with E-state index in [0.29, 0.717) is 10.6 Å². The summed E-state index contributed by atoms with van der Waals surface area (Å²) >= 11 is 15.3. The molecule has 0 fully saturated rings. The molecule has 1 unspecified atom stereocenters. The predicted octanol–water partition coefficient (Wildman–Crippen LogP) is 3.47. The third kappa shape index (κ3) is 3.10. The maximum absolute atomic E-state index is 11.6. The summed E-state index contributed by atoms with van der Waals surface area (Å²) in [5.74, 6) is -0.184. The lowest BCUT2D eigenvalue weighted by Crippen LogP contribution is -2.25. The van der Waals surface area contributed by atoms with Crippen molar-refractivity contribution in [1.29, 1.82) is 0 Å². The number of carbonyl (C=O) groups excluding carboxylic acids is 1. The van der Waals surface area contributed by atoms with Crippen LogP contribution < -0.4 is 0 Å². The molecule has 1 aromatic rings. The predicted molar refractivity (Wildman–Crippen MR) is 66.4 cm³/mol. The molecule has 1 aromatic carbocycles. The molecule has 0 aliphatic rings. The Bertz CT molecular complexity index is 382. The molecule has 15 heavy (non-hydrogen) atoms. The second-order valence-electron chi connectivity index (χ2n) is 3.26. The number of alkyl halides is 1. The lowest BCUT2D eigenvalue weighted by atomic mass is 10.1. The molecule has 0 radical (unpaired) electrons. The van der Waals surface area contributed by atoms with Gasteiger partial charge in [-0.05, 0) is 23.8 Å². The molecule has 0 saturated heterocycles. The van der Waals surface area contributed by atoms with Crippen LogP contribution in [0.3, 0.4) is 0 Å². The summed E-state index contributed by atoms with van der Waals surface area (Å²) in [7, 11) is 3.31. The molecule has 0 heterocycles. The van der Waals surface area contributed by atoms with Crippen molar-refractivity contribution in [2.45, 2.75) is 5.38 Å². The molecule has 0 saturated carbocycles. The number of hydrogen-bond acceptors (Lipinski definition) is 1. The highest BCUT2D eigenvalue weighted by atomic mass is 79.9. The minimum Gasteiger partial charge on any atom is -0.347 e. The van der Waals surface area contributed by atoms with Crippen molar-refractivity contribution < 1.29 is 4.79 Å². The lowest BCUT2D eigenvalue weighted by molar-refractivity contribution is -0.128. The average molecular weight is 311 g/mol. The molecule has 0 bridgehead atoms. The van der Waals surface area contributed by atoms with Gasteiger partial charge in [0.05, 0.1) is 0 Å². The first-order valence-corrected chi connectivity index (χ1v) is 5.84. The van der Waals surface area contributed by atoms with Gasteiger partial charge >= 0.3 is 0 Å². The zero-order valence-electron chi connectivity index (χ0n) is 8.30. The van der Waals surface area contributed by atoms with Crippen molar-refractivity contribution in [2.24, 2.45) is 0 Å². The normalized spacial score (nSPS) is 12.3. The first-order chi connectivity index (χ1) is 6.93. The van der Waals surface area contributed by atoms with E-state index in [4.69, 9.17) is 23.2 Å². The smallest absolute Gasteiger partial charge is 0.244 e. The summed E-state index contributed by atoms with van der Waals surface area (Å²) in [6, 6.07) is 5.26. The average Bonchev–Trinajstić information content (AvgIpc) is 2.19. The van der Waals surface area contributed by atoms with Crippen LogP contribution in [0, 0.1) is 0 Å². The Morgan fingerprint density at radius 1 is 1.47 bits per heavy atom. The van der Waals surface area contributed by atoms with Gasteiger partial charge in [-0.15, -0.1) is 11.6 Å². The van der Waals surface area contributed by atoms with Crippen LogP contribution in [0.25, 0.3) is 0 Å². The summed E-state index contributed by atoms with van der Waals surface area (Å²) in [5.41, 5.74) is 0.617. The van der Waals surface area contributed by atoms with Gasteiger partial charge < -0.3 is 4.90 Å². The number of amides is 1. The molecule has 0 N–H and O–H groups in total. The number of rotatable bonds is 2. The highest BCUT2D eigenvalue weighted by Gasteiger charge is 2.21. The van der Waals surface area contributed by atoms with Crippen LogP contribution in [0.2, 0.25) is 5.02 Å². The number of carbonyl (C=O) groups is 1. The summed E-state index contributed by atoms with van der Waals surface area (Å²) in [5, 5.41) is -0.251. The van der Waals surface area contributed by atoms with Crippen LogP contribution in [0.1, 0.15) is 10.9 Å². The second-order valence-corrected chi connectivity index (χ2v) is 5.02. The van der Waals surface area contributed by atoms with Crippen molar-refractivity contribution in [3.63, 3.8) is 0 Å². The van der Waals surface area contributed by atoms with Gasteiger partial charge in [0, 0.05) is 23.6 Å². The largest absolute Gasteiger partial charge is 0.347 e. The number of nitrogens with zero attached hydrogens (tertiary/aromatic N) is 1. The second kappa shape index (κ2) is 5.19. The number of halogens is 3. The van der Waals surface area contributed by atoms with E-state index in [-0.39, 0.29) is 5.91 Å². The van der Waals surface area contributed by atoms with E-state index in [1.54, 1.807) is 32.3 Å². The standard InChI is InChI=1S/C10H10BrCl2NO/c1-14(2)10(15)9(13)7-5-6(11)3-4-8(7)12/h3-5,9H,1-2H3. The first-order valence-electron chi connectivity index (χ1n) is 4.23. The summed E-state index contributed by atoms with van der Waals surface area (Å²) in [4.78, 5) is 13.1. The fraction of sp³-hybridized carbons (Fsp3) is 0.300. The lowest BCUT2D eigenvalue weighted by Gasteiger charge is -2.16. The zero-order chi connectivity index (χ0) is 11.6. The van der Waals surface area contributed by atoms with E-state index >= 15 is 0 Å². The van der Waals surface area contributed by atoms with Gasteiger partial charge in [-0.25, -0.2) is 0 Å². The molecular formula is C10H10BrCl2NO. The topological polar surface area (TPSA) is 20.3 Å². The van der Waals surface area contributed by atoms with Gasteiger partial charge in [0.15, 0.2) is 0 Å². The maximum atomic E-state index is 11.6. The minimum absolute atomic E-state index is 0.184. The fourth-order valence-electron chi connectivity index (χ4n) is 1.07. The van der Waals surface area contributed by atoms with Crippen molar-refractivity contribution in [2.75, 3.05) is 14.1 Å². The van der Waals surface area contributed by atoms with E-state index in [2.05, 4.69) is 15.9 Å². The highest BCUT2D eigenvalue weighted by Crippen LogP contribution is 2.31. The molecule has 1 amide bonds. The molecule has 2 nitrogen and oxygen atoms in total. The Kier molecular flexibility index (Phi) is 4.44. The van der Waals surface area contributed by atoms with E-state index in [0.717, 1.165) is 4.47 Å². The van der Waals surface area contributed by atoms with E-state index in [9.17, 15) is 4.79 Å². The van der Waals surface area contributed by atoms with Gasteiger partial charge in [-0.2, -0.15) is 0 Å². The Morgan fingerprint density at radius 2 is 2.07 bits per heavy atom. The van der Waals surface area contributed by atoms with Gasteiger partial charge in [-0.1, -0.05) is 27.5 Å². The Morgan fingerprint density at radius 3 is 2.60 bits per heavy atom. The van der Waals surface area contributed by atoms with E-state index in [1.807, 2.05) is 0 Å². The summed E-state index contributed by atoms with van der Waals surface area (Å²) < 4.78 is 0.846. The van der Waals surface area contributed by atoms with Gasteiger partial charge in [-0.3, -0.25) is 4.79 Å². The molecule has 0 aromatic heterocycles. The van der Waals surface area contributed by atoms with Gasteiger partial charge in [0.1, 0.15) is 5.38 Å². The Hall–Kier alpha value is -0.250. The Labute approximate surface area is 107 Å². The van der Waals surface area contributed by atoms with Gasteiger partial charge in [0.25, 0.3) is 0 Å². The first kappa shape index (κ1) is 12.8. The van der Waals surface area contributed by atoms with Crippen LogP contribution in [0.15, 0.2) is 22.7 Å².